The monoisotopic (exact) mass is 224 g/mol. The molecule has 1 aliphatic carbocycles. The van der Waals surface area contributed by atoms with Crippen LogP contribution in [0.2, 0.25) is 0 Å². The third-order valence-corrected chi connectivity index (χ3v) is 3.46. The lowest BCUT2D eigenvalue weighted by Gasteiger charge is -2.02. The maximum absolute atomic E-state index is 11.1. The largest absolute Gasteiger partial charge is 0.481 e. The van der Waals surface area contributed by atoms with Gasteiger partial charge in [-0.05, 0) is 11.5 Å². The number of ether oxygens (including phenoxy) is 1. The van der Waals surface area contributed by atoms with Crippen LogP contribution < -0.4 is 0 Å². The van der Waals surface area contributed by atoms with Crippen molar-refractivity contribution in [2.75, 3.05) is 7.11 Å². The summed E-state index contributed by atoms with van der Waals surface area (Å²) in [5.41, 5.74) is 0.718. The van der Waals surface area contributed by atoms with Crippen molar-refractivity contribution >= 4 is 5.97 Å². The van der Waals surface area contributed by atoms with Gasteiger partial charge in [-0.1, -0.05) is 13.8 Å². The van der Waals surface area contributed by atoms with Gasteiger partial charge >= 0.3 is 5.97 Å². The fourth-order valence-electron chi connectivity index (χ4n) is 2.48. The first-order chi connectivity index (χ1) is 7.50. The Balaban J connectivity index is 2.26. The molecule has 0 bridgehead atoms. The van der Waals surface area contributed by atoms with Gasteiger partial charge in [-0.25, -0.2) is 0 Å². The minimum atomic E-state index is -0.755. The first kappa shape index (κ1) is 11.2. The van der Waals surface area contributed by atoms with E-state index in [-0.39, 0.29) is 17.3 Å². The van der Waals surface area contributed by atoms with E-state index < -0.39 is 5.97 Å². The molecular weight excluding hydrogens is 208 g/mol. The Morgan fingerprint density at radius 3 is 2.81 bits per heavy atom. The predicted molar refractivity (Wildman–Crippen MR) is 57.1 cm³/mol. The summed E-state index contributed by atoms with van der Waals surface area (Å²) < 4.78 is 10.5. The van der Waals surface area contributed by atoms with Crippen LogP contribution in [-0.2, 0) is 16.1 Å². The molecule has 0 radical (unpaired) electrons. The Labute approximate surface area is 94.2 Å². The molecule has 4 nitrogen and oxygen atoms in total. The van der Waals surface area contributed by atoms with Crippen molar-refractivity contribution < 1.29 is 19.1 Å². The fraction of sp³-hybridized carbons (Fsp3) is 0.583. The highest BCUT2D eigenvalue weighted by Crippen LogP contribution is 2.65. The molecule has 1 aliphatic rings. The number of carbonyl (C=O) groups is 1. The van der Waals surface area contributed by atoms with E-state index in [4.69, 9.17) is 14.3 Å². The average molecular weight is 224 g/mol. The molecule has 0 aromatic carbocycles. The molecule has 1 aromatic rings. The van der Waals surface area contributed by atoms with Crippen LogP contribution in [0.1, 0.15) is 31.1 Å². The van der Waals surface area contributed by atoms with Gasteiger partial charge in [0.25, 0.3) is 0 Å². The number of carboxylic acids is 1. The van der Waals surface area contributed by atoms with Crippen molar-refractivity contribution in [1.82, 2.24) is 0 Å². The Morgan fingerprint density at radius 1 is 1.62 bits per heavy atom. The summed E-state index contributed by atoms with van der Waals surface area (Å²) in [4.78, 5) is 11.1. The second-order valence-electron chi connectivity index (χ2n) is 4.86. The van der Waals surface area contributed by atoms with Crippen LogP contribution in [0, 0.1) is 11.3 Å². The Kier molecular flexibility index (Phi) is 2.54. The standard InChI is InChI=1S/C12H16O4/c1-12(2)8(9(12)11(13)14)10-7(6-15-3)4-5-16-10/h4-5,8-9H,6H2,1-3H3,(H,13,14)/t8-,9-/m0/s1. The predicted octanol–water partition coefficient (Wildman–Crippen LogP) is 2.25. The van der Waals surface area contributed by atoms with Crippen LogP contribution in [0.15, 0.2) is 16.7 Å². The summed E-state index contributed by atoms with van der Waals surface area (Å²) in [7, 11) is 1.61. The Morgan fingerprint density at radius 2 is 2.31 bits per heavy atom. The quantitative estimate of drug-likeness (QED) is 0.852. The molecule has 2 atom stereocenters. The number of hydrogen-bond donors (Lipinski definition) is 1. The normalized spacial score (nSPS) is 26.7. The maximum Gasteiger partial charge on any atom is 0.307 e. The zero-order chi connectivity index (χ0) is 11.9. The number of carboxylic acid groups (broad SMARTS) is 1. The van der Waals surface area contributed by atoms with Gasteiger partial charge in [-0.3, -0.25) is 4.79 Å². The van der Waals surface area contributed by atoms with E-state index in [2.05, 4.69) is 0 Å². The SMILES string of the molecule is COCc1ccoc1[C@@H]1[C@@H](C(=O)O)C1(C)C. The summed E-state index contributed by atoms with van der Waals surface area (Å²) in [5, 5.41) is 9.11. The van der Waals surface area contributed by atoms with E-state index >= 15 is 0 Å². The van der Waals surface area contributed by atoms with Crippen molar-refractivity contribution in [1.29, 1.82) is 0 Å². The molecule has 88 valence electrons. The molecule has 1 heterocycles. The van der Waals surface area contributed by atoms with Crippen LogP contribution in [0.5, 0.6) is 0 Å². The highest BCUT2D eigenvalue weighted by molar-refractivity contribution is 5.77. The molecular formula is C12H16O4. The van der Waals surface area contributed by atoms with E-state index in [1.807, 2.05) is 19.9 Å². The van der Waals surface area contributed by atoms with Gasteiger partial charge in [0.2, 0.25) is 0 Å². The molecule has 0 unspecified atom stereocenters. The van der Waals surface area contributed by atoms with Crippen molar-refractivity contribution in [2.24, 2.45) is 11.3 Å². The summed E-state index contributed by atoms with van der Waals surface area (Å²) in [6, 6.07) is 1.84. The van der Waals surface area contributed by atoms with Gasteiger partial charge in [0.15, 0.2) is 0 Å². The van der Waals surface area contributed by atoms with E-state index in [1.165, 1.54) is 0 Å². The number of rotatable bonds is 4. The lowest BCUT2D eigenvalue weighted by Crippen LogP contribution is -2.03. The number of hydrogen-bond acceptors (Lipinski definition) is 3. The van der Waals surface area contributed by atoms with E-state index in [0.29, 0.717) is 6.61 Å². The number of methoxy groups -OCH3 is 1. The van der Waals surface area contributed by atoms with Gasteiger partial charge in [-0.2, -0.15) is 0 Å². The van der Waals surface area contributed by atoms with Gasteiger partial charge in [0.05, 0.1) is 18.8 Å². The molecule has 1 aromatic heterocycles. The van der Waals surface area contributed by atoms with Crippen molar-refractivity contribution in [3.05, 3.63) is 23.7 Å². The van der Waals surface area contributed by atoms with Gasteiger partial charge in [0, 0.05) is 18.6 Å². The molecule has 0 amide bonds. The molecule has 2 rings (SSSR count). The molecule has 1 N–H and O–H groups in total. The average Bonchev–Trinajstić information content (AvgIpc) is 2.57. The molecule has 0 aliphatic heterocycles. The minimum absolute atomic E-state index is 0.0369. The third-order valence-electron chi connectivity index (χ3n) is 3.46. The maximum atomic E-state index is 11.1. The second-order valence-corrected chi connectivity index (χ2v) is 4.86. The molecule has 1 fully saturated rings. The van der Waals surface area contributed by atoms with Crippen LogP contribution in [-0.4, -0.2) is 18.2 Å². The van der Waals surface area contributed by atoms with Crippen LogP contribution in [0.25, 0.3) is 0 Å². The summed E-state index contributed by atoms with van der Waals surface area (Å²) in [6.45, 7) is 4.37. The van der Waals surface area contributed by atoms with Gasteiger partial charge in [0.1, 0.15) is 5.76 Å². The Bertz CT molecular complexity index is 405. The van der Waals surface area contributed by atoms with Gasteiger partial charge < -0.3 is 14.3 Å². The molecule has 0 spiro atoms. The molecule has 16 heavy (non-hydrogen) atoms. The topological polar surface area (TPSA) is 59.7 Å². The second kappa shape index (κ2) is 3.63. The van der Waals surface area contributed by atoms with E-state index in [9.17, 15) is 4.79 Å². The molecule has 1 saturated carbocycles. The van der Waals surface area contributed by atoms with Crippen LogP contribution in [0.3, 0.4) is 0 Å². The van der Waals surface area contributed by atoms with Crippen molar-refractivity contribution in [3.8, 4) is 0 Å². The Hall–Kier alpha value is -1.29. The number of aliphatic carboxylic acids is 1. The zero-order valence-corrected chi connectivity index (χ0v) is 9.69. The summed E-state index contributed by atoms with van der Waals surface area (Å²) >= 11 is 0. The number of furan rings is 1. The first-order valence-electron chi connectivity index (χ1n) is 5.28. The lowest BCUT2D eigenvalue weighted by atomic mass is 10.1. The van der Waals surface area contributed by atoms with E-state index in [0.717, 1.165) is 11.3 Å². The van der Waals surface area contributed by atoms with Crippen LogP contribution in [0.4, 0.5) is 0 Å². The van der Waals surface area contributed by atoms with E-state index in [1.54, 1.807) is 13.4 Å². The first-order valence-corrected chi connectivity index (χ1v) is 5.28. The van der Waals surface area contributed by atoms with Gasteiger partial charge in [-0.15, -0.1) is 0 Å². The lowest BCUT2D eigenvalue weighted by molar-refractivity contribution is -0.139. The summed E-state index contributed by atoms with van der Waals surface area (Å²) in [5.74, 6) is -0.381. The third kappa shape index (κ3) is 1.53. The van der Waals surface area contributed by atoms with Crippen molar-refractivity contribution in [2.45, 2.75) is 26.4 Å². The fourth-order valence-corrected chi connectivity index (χ4v) is 2.48. The molecule has 4 heteroatoms. The highest BCUT2D eigenvalue weighted by atomic mass is 16.5. The zero-order valence-electron chi connectivity index (χ0n) is 9.69. The molecule has 0 saturated heterocycles. The minimum Gasteiger partial charge on any atom is -0.481 e. The van der Waals surface area contributed by atoms with Crippen LogP contribution >= 0.6 is 0 Å². The van der Waals surface area contributed by atoms with Crippen molar-refractivity contribution in [3.63, 3.8) is 0 Å². The summed E-state index contributed by atoms with van der Waals surface area (Å²) in [6.07, 6.45) is 1.59. The highest BCUT2D eigenvalue weighted by Gasteiger charge is 2.64. The smallest absolute Gasteiger partial charge is 0.307 e.